The maximum absolute atomic E-state index is 12.8. The Morgan fingerprint density at radius 3 is 2.44 bits per heavy atom. The fraction of sp³-hybridized carbons (Fsp3) is 0.417. The summed E-state index contributed by atoms with van der Waals surface area (Å²) in [6.45, 7) is -1.72. The molecule has 0 radical (unpaired) electrons. The average Bonchev–Trinajstić information content (AvgIpc) is 2.30. The third kappa shape index (κ3) is 4.77. The Balaban J connectivity index is 2.59. The summed E-state index contributed by atoms with van der Waals surface area (Å²) in [6, 6.07) is 6.74. The largest absolute Gasteiger partial charge is 0.481 e. The van der Waals surface area contributed by atoms with Crippen LogP contribution in [0.4, 0.5) is 8.78 Å². The maximum Gasteiger partial charge on any atom is 0.307 e. The van der Waals surface area contributed by atoms with E-state index in [0.29, 0.717) is 11.1 Å². The van der Waals surface area contributed by atoms with Crippen LogP contribution in [0.25, 0.3) is 0 Å². The lowest BCUT2D eigenvalue weighted by molar-refractivity contribution is -0.136. The van der Waals surface area contributed by atoms with Gasteiger partial charge < -0.3 is 15.5 Å². The lowest BCUT2D eigenvalue weighted by atomic mass is 10.0. The van der Waals surface area contributed by atoms with Crippen molar-refractivity contribution < 1.29 is 23.8 Å². The van der Waals surface area contributed by atoms with Gasteiger partial charge in [0.2, 0.25) is 0 Å². The van der Waals surface area contributed by atoms with Gasteiger partial charge >= 0.3 is 5.97 Å². The highest BCUT2D eigenvalue weighted by Gasteiger charge is 2.26. The second kappa shape index (κ2) is 6.42. The zero-order valence-corrected chi connectivity index (χ0v) is 9.70. The van der Waals surface area contributed by atoms with E-state index in [1.807, 2.05) is 0 Å². The molecule has 0 spiro atoms. The van der Waals surface area contributed by atoms with Crippen LogP contribution in [0.2, 0.25) is 0 Å². The minimum atomic E-state index is -3.16. The summed E-state index contributed by atoms with van der Waals surface area (Å²) in [4.78, 5) is 10.6. The molecule has 0 saturated carbocycles. The SMILES string of the molecule is O=C(O)Cc1ccccc1CNCC(F)(F)CO. The number of carbonyl (C=O) groups is 1. The Bertz CT molecular complexity index is 410. The molecule has 0 aliphatic carbocycles. The summed E-state index contributed by atoms with van der Waals surface area (Å²) in [5.41, 5.74) is 1.25. The van der Waals surface area contributed by atoms with Gasteiger partial charge in [-0.1, -0.05) is 24.3 Å². The van der Waals surface area contributed by atoms with Crippen molar-refractivity contribution in [3.8, 4) is 0 Å². The van der Waals surface area contributed by atoms with E-state index >= 15 is 0 Å². The first-order chi connectivity index (χ1) is 8.44. The maximum atomic E-state index is 12.8. The number of hydrogen-bond donors (Lipinski definition) is 3. The summed E-state index contributed by atoms with van der Waals surface area (Å²) in [6.07, 6.45) is -0.145. The molecule has 0 unspecified atom stereocenters. The summed E-state index contributed by atoms with van der Waals surface area (Å²) in [5, 5.41) is 19.6. The van der Waals surface area contributed by atoms with Crippen LogP contribution >= 0.6 is 0 Å². The second-order valence-corrected chi connectivity index (χ2v) is 3.96. The van der Waals surface area contributed by atoms with Gasteiger partial charge in [0.25, 0.3) is 5.92 Å². The number of benzene rings is 1. The van der Waals surface area contributed by atoms with Crippen LogP contribution in [0.5, 0.6) is 0 Å². The molecule has 0 aliphatic heterocycles. The fourth-order valence-corrected chi connectivity index (χ4v) is 1.50. The van der Waals surface area contributed by atoms with E-state index in [9.17, 15) is 13.6 Å². The van der Waals surface area contributed by atoms with Crippen LogP contribution in [0, 0.1) is 0 Å². The predicted octanol–water partition coefficient (Wildman–Crippen LogP) is 1.03. The van der Waals surface area contributed by atoms with E-state index < -0.39 is 25.0 Å². The van der Waals surface area contributed by atoms with Crippen molar-refractivity contribution in [2.75, 3.05) is 13.2 Å². The molecular formula is C12H15F2NO3. The monoisotopic (exact) mass is 259 g/mol. The van der Waals surface area contributed by atoms with E-state index in [2.05, 4.69) is 5.32 Å². The molecular weight excluding hydrogens is 244 g/mol. The molecule has 0 atom stereocenters. The van der Waals surface area contributed by atoms with Gasteiger partial charge in [0.1, 0.15) is 6.61 Å². The quantitative estimate of drug-likeness (QED) is 0.684. The highest BCUT2D eigenvalue weighted by Crippen LogP contribution is 2.12. The van der Waals surface area contributed by atoms with Gasteiger partial charge in [0.05, 0.1) is 13.0 Å². The van der Waals surface area contributed by atoms with Gasteiger partial charge in [0.15, 0.2) is 0 Å². The molecule has 4 nitrogen and oxygen atoms in total. The zero-order chi connectivity index (χ0) is 13.6. The first-order valence-electron chi connectivity index (χ1n) is 5.42. The molecule has 1 aromatic rings. The van der Waals surface area contributed by atoms with Crippen molar-refractivity contribution in [2.45, 2.75) is 18.9 Å². The number of halogens is 2. The van der Waals surface area contributed by atoms with Crippen molar-refractivity contribution in [2.24, 2.45) is 0 Å². The van der Waals surface area contributed by atoms with E-state index in [-0.39, 0.29) is 13.0 Å². The van der Waals surface area contributed by atoms with Gasteiger partial charge in [-0.3, -0.25) is 4.79 Å². The van der Waals surface area contributed by atoms with Crippen LogP contribution < -0.4 is 5.32 Å². The smallest absolute Gasteiger partial charge is 0.307 e. The molecule has 18 heavy (non-hydrogen) atoms. The number of hydrogen-bond acceptors (Lipinski definition) is 3. The lowest BCUT2D eigenvalue weighted by Crippen LogP contribution is -2.35. The first-order valence-corrected chi connectivity index (χ1v) is 5.42. The van der Waals surface area contributed by atoms with Crippen molar-refractivity contribution in [1.29, 1.82) is 0 Å². The molecule has 0 bridgehead atoms. The Morgan fingerprint density at radius 1 is 1.28 bits per heavy atom. The molecule has 0 amide bonds. The zero-order valence-electron chi connectivity index (χ0n) is 9.70. The molecule has 0 fully saturated rings. The summed E-state index contributed by atoms with van der Waals surface area (Å²) < 4.78 is 25.5. The number of rotatable bonds is 7. The number of aliphatic carboxylic acids is 1. The van der Waals surface area contributed by atoms with Gasteiger partial charge in [-0.15, -0.1) is 0 Å². The van der Waals surface area contributed by atoms with Crippen LogP contribution in [-0.2, 0) is 17.8 Å². The van der Waals surface area contributed by atoms with E-state index in [4.69, 9.17) is 10.2 Å². The molecule has 0 saturated heterocycles. The van der Waals surface area contributed by atoms with Crippen LogP contribution in [-0.4, -0.2) is 35.3 Å². The number of aliphatic hydroxyl groups excluding tert-OH is 1. The van der Waals surface area contributed by atoms with Crippen molar-refractivity contribution in [3.63, 3.8) is 0 Å². The normalized spacial score (nSPS) is 11.5. The van der Waals surface area contributed by atoms with Crippen LogP contribution in [0.1, 0.15) is 11.1 Å². The lowest BCUT2D eigenvalue weighted by Gasteiger charge is -2.15. The topological polar surface area (TPSA) is 69.6 Å². The van der Waals surface area contributed by atoms with Crippen LogP contribution in [0.3, 0.4) is 0 Å². The van der Waals surface area contributed by atoms with E-state index in [1.54, 1.807) is 24.3 Å². The summed E-state index contributed by atoms with van der Waals surface area (Å²) in [7, 11) is 0. The standard InChI is InChI=1S/C12H15F2NO3/c13-12(14,8-16)7-15-6-10-4-2-1-3-9(10)5-11(17)18/h1-4,15-16H,5-8H2,(H,17,18). The van der Waals surface area contributed by atoms with Crippen LogP contribution in [0.15, 0.2) is 24.3 Å². The minimum Gasteiger partial charge on any atom is -0.481 e. The van der Waals surface area contributed by atoms with Gasteiger partial charge in [-0.25, -0.2) is 8.78 Å². The molecule has 1 rings (SSSR count). The second-order valence-electron chi connectivity index (χ2n) is 3.96. The highest BCUT2D eigenvalue weighted by atomic mass is 19.3. The Morgan fingerprint density at radius 2 is 1.89 bits per heavy atom. The van der Waals surface area contributed by atoms with Gasteiger partial charge in [0, 0.05) is 6.54 Å². The minimum absolute atomic E-state index is 0.138. The summed E-state index contributed by atoms with van der Waals surface area (Å²) in [5.74, 6) is -4.13. The van der Waals surface area contributed by atoms with Crippen molar-refractivity contribution in [3.05, 3.63) is 35.4 Å². The molecule has 6 heteroatoms. The third-order valence-electron chi connectivity index (χ3n) is 2.39. The molecule has 0 aliphatic rings. The molecule has 1 aromatic carbocycles. The number of carboxylic acids is 1. The van der Waals surface area contributed by atoms with Gasteiger partial charge in [-0.2, -0.15) is 0 Å². The number of alkyl halides is 2. The molecule has 0 heterocycles. The Kier molecular flexibility index (Phi) is 5.18. The van der Waals surface area contributed by atoms with Crippen molar-refractivity contribution >= 4 is 5.97 Å². The van der Waals surface area contributed by atoms with Crippen molar-refractivity contribution in [1.82, 2.24) is 5.32 Å². The van der Waals surface area contributed by atoms with Gasteiger partial charge in [-0.05, 0) is 11.1 Å². The Hall–Kier alpha value is -1.53. The predicted molar refractivity (Wildman–Crippen MR) is 61.5 cm³/mol. The number of nitrogens with one attached hydrogen (secondary N) is 1. The highest BCUT2D eigenvalue weighted by molar-refractivity contribution is 5.70. The van der Waals surface area contributed by atoms with E-state index in [1.165, 1.54) is 0 Å². The number of carboxylic acid groups (broad SMARTS) is 1. The molecule has 100 valence electrons. The molecule has 0 aromatic heterocycles. The first kappa shape index (κ1) is 14.5. The summed E-state index contributed by atoms with van der Waals surface area (Å²) >= 11 is 0. The fourth-order valence-electron chi connectivity index (χ4n) is 1.50. The average molecular weight is 259 g/mol. The Labute approximate surface area is 103 Å². The molecule has 3 N–H and O–H groups in total. The van der Waals surface area contributed by atoms with E-state index in [0.717, 1.165) is 0 Å². The number of aliphatic hydroxyl groups is 1. The third-order valence-corrected chi connectivity index (χ3v) is 2.39.